The van der Waals surface area contributed by atoms with Crippen molar-refractivity contribution in [3.05, 3.63) is 200 Å². The van der Waals surface area contributed by atoms with Crippen molar-refractivity contribution in [3.8, 4) is 11.3 Å². The highest BCUT2D eigenvalue weighted by Gasteiger charge is 2.33. The van der Waals surface area contributed by atoms with Crippen molar-refractivity contribution >= 4 is 82.1 Å². The number of nitrogens with one attached hydrogen (secondary N) is 5. The minimum absolute atomic E-state index is 0.0348. The summed E-state index contributed by atoms with van der Waals surface area (Å²) < 4.78 is 2.03. The molecule has 0 radical (unpaired) electrons. The average molecular weight is 975 g/mol. The van der Waals surface area contributed by atoms with Crippen LogP contribution in [0.15, 0.2) is 161 Å². The van der Waals surface area contributed by atoms with Crippen LogP contribution in [0.5, 0.6) is 0 Å². The predicted octanol–water partition coefficient (Wildman–Crippen LogP) is 10.9. The Kier molecular flexibility index (Phi) is 12.7. The molecule has 2 amide bonds. The Hall–Kier alpha value is -6.57. The molecule has 0 aliphatic carbocycles. The largest absolute Gasteiger partial charge is 0.378 e. The van der Waals surface area contributed by atoms with Crippen LogP contribution in [0.1, 0.15) is 62.1 Å². The Morgan fingerprint density at radius 3 is 1.92 bits per heavy atom. The number of amides is 2. The summed E-state index contributed by atoms with van der Waals surface area (Å²) >= 11 is 7.13. The summed E-state index contributed by atoms with van der Waals surface area (Å²) in [5, 5.41) is 12.9. The van der Waals surface area contributed by atoms with Crippen molar-refractivity contribution in [3.63, 3.8) is 0 Å². The molecular formula is C52H46Br2N8O2. The fourth-order valence-electron chi connectivity index (χ4n) is 8.38. The van der Waals surface area contributed by atoms with Gasteiger partial charge < -0.3 is 37.4 Å². The standard InChI is InChI=1S/C26H25BrN4O.C26H21BrN4O/c2*27-18-9-10-23-20(11-18)22(15-29-23)25-12-21(19-3-1-2-4-24(19)31-25)26(32)30-14-17-7-5-16(13-28)6-8-17/h1-11,15,21,25,29,31H,12-14,28H2,(H,30,32);1-12,15,29H,13-14,28H2,(H,30,32). The van der Waals surface area contributed by atoms with Gasteiger partial charge in [0.2, 0.25) is 5.91 Å². The third kappa shape index (κ3) is 9.22. The van der Waals surface area contributed by atoms with Crippen LogP contribution in [0, 0.1) is 0 Å². The average Bonchev–Trinajstić information content (AvgIpc) is 3.96. The van der Waals surface area contributed by atoms with E-state index in [0.29, 0.717) is 38.2 Å². The lowest BCUT2D eigenvalue weighted by Crippen LogP contribution is -2.34. The van der Waals surface area contributed by atoms with Gasteiger partial charge in [-0.3, -0.25) is 9.59 Å². The number of carbonyl (C=O) groups is 2. The van der Waals surface area contributed by atoms with E-state index in [1.165, 1.54) is 5.56 Å². The smallest absolute Gasteiger partial charge is 0.252 e. The highest BCUT2D eigenvalue weighted by molar-refractivity contribution is 9.10. The van der Waals surface area contributed by atoms with Gasteiger partial charge in [0.05, 0.1) is 28.7 Å². The first-order valence-corrected chi connectivity index (χ1v) is 22.7. The second kappa shape index (κ2) is 19.0. The zero-order chi connectivity index (χ0) is 44.2. The number of hydrogen-bond acceptors (Lipinski definition) is 6. The topological polar surface area (TPSA) is 167 Å². The zero-order valence-electron chi connectivity index (χ0n) is 34.8. The van der Waals surface area contributed by atoms with Crippen LogP contribution in [-0.2, 0) is 31.0 Å². The van der Waals surface area contributed by atoms with Crippen LogP contribution in [-0.4, -0.2) is 26.8 Å². The van der Waals surface area contributed by atoms with Crippen molar-refractivity contribution in [2.75, 3.05) is 5.32 Å². The molecule has 0 spiro atoms. The van der Waals surface area contributed by atoms with Gasteiger partial charge in [-0.15, -0.1) is 0 Å². The summed E-state index contributed by atoms with van der Waals surface area (Å²) in [7, 11) is 0. The molecule has 12 heteroatoms. The van der Waals surface area contributed by atoms with Gasteiger partial charge in [-0.1, -0.05) is 117 Å². The van der Waals surface area contributed by atoms with Crippen molar-refractivity contribution in [1.82, 2.24) is 25.6 Å². The number of para-hydroxylation sites is 2. The fourth-order valence-corrected chi connectivity index (χ4v) is 9.10. The number of nitrogens with two attached hydrogens (primary N) is 2. The van der Waals surface area contributed by atoms with E-state index in [1.54, 1.807) is 0 Å². The number of rotatable bonds is 10. The van der Waals surface area contributed by atoms with Crippen molar-refractivity contribution in [1.29, 1.82) is 0 Å². The van der Waals surface area contributed by atoms with E-state index in [2.05, 4.69) is 88.2 Å². The van der Waals surface area contributed by atoms with E-state index in [0.717, 1.165) is 86.4 Å². The number of hydrogen-bond donors (Lipinski definition) is 7. The third-order valence-electron chi connectivity index (χ3n) is 11.8. The summed E-state index contributed by atoms with van der Waals surface area (Å²) in [4.78, 5) is 38.0. The SMILES string of the molecule is NCc1ccc(CNC(=O)C2CC(c3c[nH]c4ccc(Br)cc34)Nc3ccccc32)cc1.NCc1ccc(CNC(=O)c2cc(-c3c[nH]c4ccc(Br)cc34)nc3ccccc23)cc1. The lowest BCUT2D eigenvalue weighted by molar-refractivity contribution is -0.123. The Morgan fingerprint density at radius 1 is 0.625 bits per heavy atom. The summed E-state index contributed by atoms with van der Waals surface area (Å²) in [5.74, 6) is -0.306. The van der Waals surface area contributed by atoms with Crippen molar-refractivity contribution in [2.24, 2.45) is 11.5 Å². The van der Waals surface area contributed by atoms with Crippen LogP contribution in [0.3, 0.4) is 0 Å². The van der Waals surface area contributed by atoms with Gasteiger partial charge in [0, 0.05) is 86.0 Å². The van der Waals surface area contributed by atoms with Crippen LogP contribution in [0.4, 0.5) is 5.69 Å². The van der Waals surface area contributed by atoms with E-state index in [9.17, 15) is 9.59 Å². The minimum Gasteiger partial charge on any atom is -0.378 e. The minimum atomic E-state index is -0.224. The molecule has 2 atom stereocenters. The first-order valence-electron chi connectivity index (χ1n) is 21.1. The molecular weight excluding hydrogens is 928 g/mol. The van der Waals surface area contributed by atoms with Crippen LogP contribution < -0.4 is 27.4 Å². The number of halogens is 2. The third-order valence-corrected chi connectivity index (χ3v) is 12.8. The monoisotopic (exact) mass is 972 g/mol. The summed E-state index contributed by atoms with van der Waals surface area (Å²) in [5.41, 5.74) is 24.0. The van der Waals surface area contributed by atoms with Gasteiger partial charge >= 0.3 is 0 Å². The molecule has 1 aliphatic rings. The lowest BCUT2D eigenvalue weighted by atomic mass is 9.83. The van der Waals surface area contributed by atoms with Crippen LogP contribution >= 0.6 is 31.9 Å². The number of H-pyrrole nitrogens is 2. The van der Waals surface area contributed by atoms with Crippen LogP contribution in [0.2, 0.25) is 0 Å². The number of benzene rings is 6. The molecule has 320 valence electrons. The van der Waals surface area contributed by atoms with E-state index in [4.69, 9.17) is 16.5 Å². The fraction of sp³-hybridized carbons (Fsp3) is 0.135. The van der Waals surface area contributed by atoms with E-state index < -0.39 is 0 Å². The quantitative estimate of drug-likeness (QED) is 0.0720. The molecule has 0 bridgehead atoms. The van der Waals surface area contributed by atoms with Gasteiger partial charge in [0.25, 0.3) is 5.91 Å². The maximum Gasteiger partial charge on any atom is 0.252 e. The van der Waals surface area contributed by atoms with Crippen LogP contribution in [0.25, 0.3) is 44.0 Å². The molecule has 4 heterocycles. The molecule has 2 unspecified atom stereocenters. The molecule has 64 heavy (non-hydrogen) atoms. The maximum atomic E-state index is 13.3. The van der Waals surface area contributed by atoms with Gasteiger partial charge in [-0.05, 0) is 94.4 Å². The Bertz CT molecular complexity index is 3130. The number of aromatic amines is 2. The Morgan fingerprint density at radius 2 is 1.22 bits per heavy atom. The molecule has 10 nitrogen and oxygen atoms in total. The highest BCUT2D eigenvalue weighted by Crippen LogP contribution is 2.42. The normalized spacial score (nSPS) is 14.4. The number of nitrogens with zero attached hydrogens (tertiary/aromatic N) is 1. The molecule has 3 aromatic heterocycles. The predicted molar refractivity (Wildman–Crippen MR) is 265 cm³/mol. The number of anilines is 1. The van der Waals surface area contributed by atoms with Gasteiger partial charge in [-0.25, -0.2) is 4.98 Å². The molecule has 0 saturated heterocycles. The zero-order valence-corrected chi connectivity index (χ0v) is 38.0. The van der Waals surface area contributed by atoms with E-state index >= 15 is 0 Å². The summed E-state index contributed by atoms with van der Waals surface area (Å²) in [6.45, 7) is 1.96. The van der Waals surface area contributed by atoms with Crippen molar-refractivity contribution < 1.29 is 9.59 Å². The van der Waals surface area contributed by atoms with Gasteiger partial charge in [0.15, 0.2) is 0 Å². The number of carbonyl (C=O) groups excluding carboxylic acids is 2. The second-order valence-electron chi connectivity index (χ2n) is 15.9. The van der Waals surface area contributed by atoms with E-state index in [1.807, 2.05) is 121 Å². The number of fused-ring (bicyclic) bond motifs is 4. The number of aromatic nitrogens is 3. The molecule has 6 aromatic carbocycles. The van der Waals surface area contributed by atoms with E-state index in [-0.39, 0.29) is 23.8 Å². The molecule has 10 rings (SSSR count). The Balaban J connectivity index is 0.000000162. The molecule has 0 saturated carbocycles. The van der Waals surface area contributed by atoms with Gasteiger partial charge in [-0.2, -0.15) is 0 Å². The summed E-state index contributed by atoms with van der Waals surface area (Å²) in [6.07, 6.45) is 4.68. The summed E-state index contributed by atoms with van der Waals surface area (Å²) in [6, 6.07) is 46.0. The molecule has 1 aliphatic heterocycles. The lowest BCUT2D eigenvalue weighted by Gasteiger charge is -2.32. The molecule has 0 fully saturated rings. The highest BCUT2D eigenvalue weighted by atomic mass is 79.9. The van der Waals surface area contributed by atoms with Gasteiger partial charge in [0.1, 0.15) is 0 Å². The number of pyridine rings is 1. The first-order chi connectivity index (χ1) is 31.2. The van der Waals surface area contributed by atoms with Crippen molar-refractivity contribution in [2.45, 2.75) is 44.6 Å². The first kappa shape index (κ1) is 42.7. The molecule has 9 N–H and O–H groups in total. The molecule has 9 aromatic rings. The maximum absolute atomic E-state index is 13.3. The second-order valence-corrected chi connectivity index (χ2v) is 17.7. The Labute approximate surface area is 387 Å².